The second-order valence-corrected chi connectivity index (χ2v) is 3.35. The summed E-state index contributed by atoms with van der Waals surface area (Å²) in [7, 11) is 1.37. The van der Waals surface area contributed by atoms with Crippen LogP contribution in [0.4, 0.5) is 0 Å². The van der Waals surface area contributed by atoms with Gasteiger partial charge in [0.15, 0.2) is 0 Å². The van der Waals surface area contributed by atoms with Gasteiger partial charge in [0.2, 0.25) is 0 Å². The molecule has 0 bridgehead atoms. The second-order valence-electron chi connectivity index (χ2n) is 3.35. The van der Waals surface area contributed by atoms with Crippen molar-refractivity contribution in [2.75, 3.05) is 7.11 Å². The number of ether oxygens (including phenoxy) is 1. The third-order valence-corrected chi connectivity index (χ3v) is 2.18. The predicted octanol–water partition coefficient (Wildman–Crippen LogP) is 2.22. The van der Waals surface area contributed by atoms with E-state index in [1.54, 1.807) is 12.1 Å². The maximum Gasteiger partial charge on any atom is 0.337 e. The molecule has 3 nitrogen and oxygen atoms in total. The number of aryl methyl sites for hydroxylation is 1. The molecule has 0 aliphatic carbocycles. The first-order valence-electron chi connectivity index (χ1n) is 4.50. The number of carbonyl (C=O) groups is 1. The van der Waals surface area contributed by atoms with Crippen LogP contribution in [0.15, 0.2) is 18.2 Å². The van der Waals surface area contributed by atoms with E-state index in [0.717, 1.165) is 11.1 Å². The normalized spacial score (nSPS) is 11.5. The van der Waals surface area contributed by atoms with Crippen LogP contribution in [0, 0.1) is 6.92 Å². The van der Waals surface area contributed by atoms with E-state index in [4.69, 9.17) is 5.73 Å². The first-order valence-corrected chi connectivity index (χ1v) is 4.50. The molecule has 0 aromatic heterocycles. The number of carbonyl (C=O) groups excluding carboxylic acids is 1. The summed E-state index contributed by atoms with van der Waals surface area (Å²) >= 11 is 0. The number of esters is 1. The molecular weight excluding hydrogens is 214 g/mol. The third kappa shape index (κ3) is 3.22. The average molecular weight is 230 g/mol. The van der Waals surface area contributed by atoms with Gasteiger partial charge in [0.25, 0.3) is 0 Å². The van der Waals surface area contributed by atoms with Gasteiger partial charge in [0, 0.05) is 6.04 Å². The Morgan fingerprint density at radius 2 is 2.07 bits per heavy atom. The zero-order valence-corrected chi connectivity index (χ0v) is 9.93. The largest absolute Gasteiger partial charge is 0.465 e. The van der Waals surface area contributed by atoms with E-state index in [1.807, 2.05) is 19.9 Å². The summed E-state index contributed by atoms with van der Waals surface area (Å²) in [6.45, 7) is 3.85. The van der Waals surface area contributed by atoms with Crippen LogP contribution in [-0.4, -0.2) is 13.1 Å². The highest BCUT2D eigenvalue weighted by molar-refractivity contribution is 5.89. The van der Waals surface area contributed by atoms with E-state index in [9.17, 15) is 4.79 Å². The fourth-order valence-electron chi connectivity index (χ4n) is 1.43. The maximum absolute atomic E-state index is 11.2. The highest BCUT2D eigenvalue weighted by Crippen LogP contribution is 2.17. The molecule has 0 heterocycles. The molecule has 1 aromatic rings. The summed E-state index contributed by atoms with van der Waals surface area (Å²) in [5.41, 5.74) is 8.39. The van der Waals surface area contributed by atoms with Crippen molar-refractivity contribution in [2.45, 2.75) is 19.9 Å². The lowest BCUT2D eigenvalue weighted by Gasteiger charge is -2.10. The van der Waals surface area contributed by atoms with Crippen LogP contribution in [0.1, 0.15) is 34.5 Å². The van der Waals surface area contributed by atoms with Gasteiger partial charge in [-0.05, 0) is 37.1 Å². The van der Waals surface area contributed by atoms with Crippen molar-refractivity contribution in [1.82, 2.24) is 0 Å². The van der Waals surface area contributed by atoms with Gasteiger partial charge < -0.3 is 10.5 Å². The van der Waals surface area contributed by atoms with Gasteiger partial charge in [0.05, 0.1) is 12.7 Å². The van der Waals surface area contributed by atoms with E-state index >= 15 is 0 Å². The van der Waals surface area contributed by atoms with Gasteiger partial charge in [-0.1, -0.05) is 6.07 Å². The minimum Gasteiger partial charge on any atom is -0.465 e. The van der Waals surface area contributed by atoms with Crippen LogP contribution < -0.4 is 5.73 Å². The van der Waals surface area contributed by atoms with Crippen molar-refractivity contribution < 1.29 is 9.53 Å². The van der Waals surface area contributed by atoms with E-state index in [-0.39, 0.29) is 24.4 Å². The summed E-state index contributed by atoms with van der Waals surface area (Å²) in [6.07, 6.45) is 0. The Hall–Kier alpha value is -1.06. The number of halogens is 1. The highest BCUT2D eigenvalue weighted by atomic mass is 35.5. The van der Waals surface area contributed by atoms with Crippen LogP contribution in [0.3, 0.4) is 0 Å². The molecule has 0 spiro atoms. The summed E-state index contributed by atoms with van der Waals surface area (Å²) in [6, 6.07) is 5.38. The average Bonchev–Trinajstić information content (AvgIpc) is 2.15. The van der Waals surface area contributed by atoms with Gasteiger partial charge in [-0.15, -0.1) is 12.4 Å². The number of benzene rings is 1. The van der Waals surface area contributed by atoms with E-state index < -0.39 is 0 Å². The number of nitrogens with two attached hydrogens (primary N) is 1. The molecule has 0 amide bonds. The molecule has 15 heavy (non-hydrogen) atoms. The van der Waals surface area contributed by atoms with Crippen LogP contribution in [-0.2, 0) is 4.74 Å². The van der Waals surface area contributed by atoms with Gasteiger partial charge in [-0.3, -0.25) is 0 Å². The van der Waals surface area contributed by atoms with Crippen LogP contribution >= 0.6 is 12.4 Å². The maximum atomic E-state index is 11.2. The second kappa shape index (κ2) is 5.73. The standard InChI is InChI=1S/C11H15NO2.ClH/c1-7-6-9(11(13)14-3)4-5-10(7)8(2)12;/h4-6,8H,12H2,1-3H3;1H. The molecule has 84 valence electrons. The first-order chi connectivity index (χ1) is 6.56. The molecule has 0 radical (unpaired) electrons. The van der Waals surface area contributed by atoms with Gasteiger partial charge in [0.1, 0.15) is 0 Å². The fraction of sp³-hybridized carbons (Fsp3) is 0.364. The molecular formula is C11H16ClNO2. The van der Waals surface area contributed by atoms with Crippen molar-refractivity contribution >= 4 is 18.4 Å². The molecule has 2 N–H and O–H groups in total. The summed E-state index contributed by atoms with van der Waals surface area (Å²) in [4.78, 5) is 11.2. The predicted molar refractivity (Wildman–Crippen MR) is 62.4 cm³/mol. The Labute approximate surface area is 96.0 Å². The molecule has 1 rings (SSSR count). The van der Waals surface area contributed by atoms with Crippen molar-refractivity contribution in [3.8, 4) is 0 Å². The summed E-state index contributed by atoms with van der Waals surface area (Å²) in [5.74, 6) is -0.315. The minimum atomic E-state index is -0.315. The van der Waals surface area contributed by atoms with Crippen molar-refractivity contribution in [2.24, 2.45) is 5.73 Å². The lowest BCUT2D eigenvalue weighted by Crippen LogP contribution is -2.08. The van der Waals surface area contributed by atoms with Crippen LogP contribution in [0.2, 0.25) is 0 Å². The smallest absolute Gasteiger partial charge is 0.337 e. The van der Waals surface area contributed by atoms with Crippen LogP contribution in [0.25, 0.3) is 0 Å². The van der Waals surface area contributed by atoms with Gasteiger partial charge in [-0.25, -0.2) is 4.79 Å². The Bertz CT molecular complexity index is 350. The quantitative estimate of drug-likeness (QED) is 0.792. The molecule has 0 saturated heterocycles. The number of methoxy groups -OCH3 is 1. The summed E-state index contributed by atoms with van der Waals surface area (Å²) in [5, 5.41) is 0. The zero-order valence-electron chi connectivity index (χ0n) is 9.11. The molecule has 4 heteroatoms. The lowest BCUT2D eigenvalue weighted by atomic mass is 10.0. The van der Waals surface area contributed by atoms with Crippen molar-refractivity contribution in [1.29, 1.82) is 0 Å². The Morgan fingerprint density at radius 3 is 2.47 bits per heavy atom. The molecule has 1 unspecified atom stereocenters. The zero-order chi connectivity index (χ0) is 10.7. The molecule has 1 aromatic carbocycles. The molecule has 1 atom stereocenters. The lowest BCUT2D eigenvalue weighted by molar-refractivity contribution is 0.0600. The topological polar surface area (TPSA) is 52.3 Å². The van der Waals surface area contributed by atoms with E-state index in [2.05, 4.69) is 4.74 Å². The van der Waals surface area contributed by atoms with Crippen molar-refractivity contribution in [3.63, 3.8) is 0 Å². The SMILES string of the molecule is COC(=O)c1ccc(C(C)N)c(C)c1.Cl. The Balaban J connectivity index is 0.00000196. The third-order valence-electron chi connectivity index (χ3n) is 2.18. The van der Waals surface area contributed by atoms with E-state index in [0.29, 0.717) is 5.56 Å². The number of rotatable bonds is 2. The van der Waals surface area contributed by atoms with Crippen molar-refractivity contribution in [3.05, 3.63) is 34.9 Å². The Kier molecular flexibility index (Phi) is 5.33. The summed E-state index contributed by atoms with van der Waals surface area (Å²) < 4.78 is 4.62. The fourth-order valence-corrected chi connectivity index (χ4v) is 1.43. The monoisotopic (exact) mass is 229 g/mol. The molecule has 0 aliphatic heterocycles. The van der Waals surface area contributed by atoms with Gasteiger partial charge >= 0.3 is 5.97 Å². The first kappa shape index (κ1) is 13.9. The van der Waals surface area contributed by atoms with Gasteiger partial charge in [-0.2, -0.15) is 0 Å². The van der Waals surface area contributed by atoms with E-state index in [1.165, 1.54) is 7.11 Å². The highest BCUT2D eigenvalue weighted by Gasteiger charge is 2.09. The number of hydrogen-bond donors (Lipinski definition) is 1. The molecule has 0 saturated carbocycles. The van der Waals surface area contributed by atoms with Crippen LogP contribution in [0.5, 0.6) is 0 Å². The Morgan fingerprint density at radius 1 is 1.47 bits per heavy atom. The molecule has 0 fully saturated rings. The molecule has 0 aliphatic rings. The minimum absolute atomic E-state index is 0. The number of hydrogen-bond acceptors (Lipinski definition) is 3.